The van der Waals surface area contributed by atoms with Gasteiger partial charge in [-0.05, 0) is 62.7 Å². The highest BCUT2D eigenvalue weighted by atomic mass is 16.3. The van der Waals surface area contributed by atoms with E-state index in [1.165, 1.54) is 11.3 Å². The summed E-state index contributed by atoms with van der Waals surface area (Å²) in [6, 6.07) is 11.5. The molecule has 130 valence electrons. The quantitative estimate of drug-likeness (QED) is 0.870. The normalized spacial score (nSPS) is 26.0. The van der Waals surface area contributed by atoms with Gasteiger partial charge in [-0.1, -0.05) is 24.6 Å². The molecule has 1 aliphatic carbocycles. The third-order valence-corrected chi connectivity index (χ3v) is 5.59. The molecule has 3 rings (SSSR count). The predicted octanol–water partition coefficient (Wildman–Crippen LogP) is 3.39. The van der Waals surface area contributed by atoms with Crippen LogP contribution >= 0.6 is 0 Å². The molecule has 1 saturated carbocycles. The monoisotopic (exact) mass is 327 g/mol. The van der Waals surface area contributed by atoms with Gasteiger partial charge in [-0.25, -0.2) is 0 Å². The maximum atomic E-state index is 9.28. The molecule has 0 radical (unpaired) electrons. The molecule has 1 aromatic rings. The van der Waals surface area contributed by atoms with E-state index in [0.29, 0.717) is 18.6 Å². The van der Waals surface area contributed by atoms with Crippen LogP contribution in [0.3, 0.4) is 0 Å². The Labute approximate surface area is 145 Å². The Morgan fingerprint density at radius 3 is 2.71 bits per heavy atom. The van der Waals surface area contributed by atoms with Crippen molar-refractivity contribution in [3.05, 3.63) is 29.8 Å². The minimum Gasteiger partial charge on any atom is -0.396 e. The molecule has 0 aromatic heterocycles. The molecule has 4 heteroatoms. The average molecular weight is 327 g/mol. The number of para-hydroxylation sites is 1. The van der Waals surface area contributed by atoms with Crippen LogP contribution in [0, 0.1) is 23.2 Å². The Bertz CT molecular complexity index is 560. The smallest absolute Gasteiger partial charge is 0.0656 e. The van der Waals surface area contributed by atoms with E-state index in [0.717, 1.165) is 58.2 Å². The molecule has 4 nitrogen and oxygen atoms in total. The Hall–Kier alpha value is -1.57. The lowest BCUT2D eigenvalue weighted by Gasteiger charge is -2.32. The molecular formula is C20H29N3O. The van der Waals surface area contributed by atoms with Crippen molar-refractivity contribution in [2.24, 2.45) is 11.8 Å². The number of benzene rings is 1. The largest absolute Gasteiger partial charge is 0.396 e. The highest BCUT2D eigenvalue weighted by Crippen LogP contribution is 2.28. The van der Waals surface area contributed by atoms with E-state index in [2.05, 4.69) is 40.6 Å². The first-order chi connectivity index (χ1) is 11.8. The van der Waals surface area contributed by atoms with Crippen LogP contribution in [0.5, 0.6) is 0 Å². The molecule has 1 aromatic carbocycles. The van der Waals surface area contributed by atoms with Crippen molar-refractivity contribution in [3.8, 4) is 6.07 Å². The molecule has 2 fully saturated rings. The number of hydrogen-bond donors (Lipinski definition) is 2. The van der Waals surface area contributed by atoms with Crippen molar-refractivity contribution >= 4 is 5.69 Å². The number of nitrogens with one attached hydrogen (secondary N) is 1. The number of anilines is 1. The van der Waals surface area contributed by atoms with Crippen molar-refractivity contribution in [1.82, 2.24) is 4.90 Å². The first kappa shape index (κ1) is 17.3. The lowest BCUT2D eigenvalue weighted by atomic mass is 9.86. The highest BCUT2D eigenvalue weighted by Gasteiger charge is 2.23. The summed E-state index contributed by atoms with van der Waals surface area (Å²) in [6.07, 6.45) is 6.52. The SMILES string of the molecule is N#C[C@H]1CCC[C@@H](Nc2ccccc2CN2CCC(CO)CC2)C1. The van der Waals surface area contributed by atoms with Gasteiger partial charge in [0.15, 0.2) is 0 Å². The van der Waals surface area contributed by atoms with Crippen LogP contribution in [0.4, 0.5) is 5.69 Å². The van der Waals surface area contributed by atoms with Crippen LogP contribution in [-0.2, 0) is 6.54 Å². The minimum absolute atomic E-state index is 0.209. The Morgan fingerprint density at radius 2 is 1.96 bits per heavy atom. The number of aliphatic hydroxyl groups is 1. The second-order valence-electron chi connectivity index (χ2n) is 7.39. The lowest BCUT2D eigenvalue weighted by molar-refractivity contribution is 0.127. The molecule has 2 N–H and O–H groups in total. The summed E-state index contributed by atoms with van der Waals surface area (Å²) in [5.74, 6) is 0.695. The van der Waals surface area contributed by atoms with E-state index >= 15 is 0 Å². The maximum Gasteiger partial charge on any atom is 0.0656 e. The standard InChI is InChI=1S/C20H29N3O/c21-13-17-4-3-6-19(12-17)22-20-7-2-1-5-18(20)14-23-10-8-16(15-24)9-11-23/h1-2,5,7,16-17,19,22,24H,3-4,6,8-12,14-15H2/t17-,19+/m0/s1. The zero-order chi connectivity index (χ0) is 16.8. The van der Waals surface area contributed by atoms with Gasteiger partial charge in [-0.3, -0.25) is 4.90 Å². The van der Waals surface area contributed by atoms with Gasteiger partial charge in [0.1, 0.15) is 0 Å². The Morgan fingerprint density at radius 1 is 1.17 bits per heavy atom. The van der Waals surface area contributed by atoms with E-state index in [4.69, 9.17) is 0 Å². The van der Waals surface area contributed by atoms with Crippen molar-refractivity contribution < 1.29 is 5.11 Å². The predicted molar refractivity (Wildman–Crippen MR) is 96.5 cm³/mol. The fourth-order valence-electron chi connectivity index (χ4n) is 4.03. The summed E-state index contributed by atoms with van der Waals surface area (Å²) in [6.45, 7) is 3.43. The summed E-state index contributed by atoms with van der Waals surface area (Å²) >= 11 is 0. The minimum atomic E-state index is 0.209. The van der Waals surface area contributed by atoms with Crippen LogP contribution in [-0.4, -0.2) is 35.7 Å². The van der Waals surface area contributed by atoms with Gasteiger partial charge in [-0.2, -0.15) is 5.26 Å². The summed E-state index contributed by atoms with van der Waals surface area (Å²) in [4.78, 5) is 2.49. The fourth-order valence-corrected chi connectivity index (χ4v) is 4.03. The first-order valence-corrected chi connectivity index (χ1v) is 9.35. The van der Waals surface area contributed by atoms with Crippen molar-refractivity contribution in [1.29, 1.82) is 5.26 Å². The second-order valence-corrected chi connectivity index (χ2v) is 7.39. The first-order valence-electron chi connectivity index (χ1n) is 9.35. The van der Waals surface area contributed by atoms with Crippen molar-refractivity contribution in [3.63, 3.8) is 0 Å². The zero-order valence-electron chi connectivity index (χ0n) is 14.5. The summed E-state index contributed by atoms with van der Waals surface area (Å²) < 4.78 is 0. The molecule has 0 bridgehead atoms. The molecule has 1 aliphatic heterocycles. The number of nitriles is 1. The Balaban J connectivity index is 1.60. The van der Waals surface area contributed by atoms with Gasteiger partial charge in [0.25, 0.3) is 0 Å². The number of nitrogens with zero attached hydrogens (tertiary/aromatic N) is 2. The third kappa shape index (κ3) is 4.49. The fraction of sp³-hybridized carbons (Fsp3) is 0.650. The van der Waals surface area contributed by atoms with Gasteiger partial charge in [0.2, 0.25) is 0 Å². The van der Waals surface area contributed by atoms with E-state index in [-0.39, 0.29) is 5.92 Å². The van der Waals surface area contributed by atoms with Crippen LogP contribution in [0.2, 0.25) is 0 Å². The number of rotatable bonds is 5. The summed E-state index contributed by atoms with van der Waals surface area (Å²) in [5, 5.41) is 22.2. The van der Waals surface area contributed by atoms with Gasteiger partial charge in [0, 0.05) is 30.8 Å². The molecule has 0 amide bonds. The summed E-state index contributed by atoms with van der Waals surface area (Å²) in [7, 11) is 0. The van der Waals surface area contributed by atoms with Crippen molar-refractivity contribution in [2.75, 3.05) is 25.0 Å². The van der Waals surface area contributed by atoms with Gasteiger partial charge >= 0.3 is 0 Å². The van der Waals surface area contributed by atoms with Crippen LogP contribution in [0.1, 0.15) is 44.1 Å². The maximum absolute atomic E-state index is 9.28. The number of hydrogen-bond acceptors (Lipinski definition) is 4. The number of aliphatic hydroxyl groups excluding tert-OH is 1. The molecule has 2 atom stereocenters. The van der Waals surface area contributed by atoms with Crippen molar-refractivity contribution in [2.45, 2.75) is 51.1 Å². The van der Waals surface area contributed by atoms with E-state index in [9.17, 15) is 10.4 Å². The zero-order valence-corrected chi connectivity index (χ0v) is 14.5. The van der Waals surface area contributed by atoms with Crippen LogP contribution < -0.4 is 5.32 Å². The molecule has 1 saturated heterocycles. The van der Waals surface area contributed by atoms with Crippen LogP contribution in [0.15, 0.2) is 24.3 Å². The highest BCUT2D eigenvalue weighted by molar-refractivity contribution is 5.51. The molecular weight excluding hydrogens is 298 g/mol. The molecule has 24 heavy (non-hydrogen) atoms. The molecule has 1 heterocycles. The van der Waals surface area contributed by atoms with E-state index in [1.54, 1.807) is 0 Å². The number of piperidine rings is 1. The molecule has 0 unspecified atom stereocenters. The topological polar surface area (TPSA) is 59.3 Å². The van der Waals surface area contributed by atoms with E-state index in [1.807, 2.05) is 0 Å². The van der Waals surface area contributed by atoms with Gasteiger partial charge < -0.3 is 10.4 Å². The summed E-state index contributed by atoms with van der Waals surface area (Å²) in [5.41, 5.74) is 2.57. The molecule has 2 aliphatic rings. The average Bonchev–Trinajstić information content (AvgIpc) is 2.64. The Kier molecular flexibility index (Phi) is 6.12. The van der Waals surface area contributed by atoms with Gasteiger partial charge in [0.05, 0.1) is 6.07 Å². The lowest BCUT2D eigenvalue weighted by Crippen LogP contribution is -2.34. The molecule has 0 spiro atoms. The second kappa shape index (κ2) is 8.50. The van der Waals surface area contributed by atoms with E-state index < -0.39 is 0 Å². The van der Waals surface area contributed by atoms with Gasteiger partial charge in [-0.15, -0.1) is 0 Å². The third-order valence-electron chi connectivity index (χ3n) is 5.59. The van der Waals surface area contributed by atoms with Crippen LogP contribution in [0.25, 0.3) is 0 Å². The number of likely N-dealkylation sites (tertiary alicyclic amines) is 1.